The maximum atomic E-state index is 13.4. The molecule has 0 aliphatic rings. The van der Waals surface area contributed by atoms with Gasteiger partial charge in [-0.2, -0.15) is 0 Å². The molecule has 0 atom stereocenters. The fourth-order valence-corrected chi connectivity index (χ4v) is 4.28. The molecule has 1 N–H and O–H groups in total. The molecule has 3 aromatic rings. The van der Waals surface area contributed by atoms with E-state index in [2.05, 4.69) is 12.2 Å². The Morgan fingerprint density at radius 2 is 1.47 bits per heavy atom. The predicted molar refractivity (Wildman–Crippen MR) is 144 cm³/mol. The molecule has 0 fully saturated rings. The van der Waals surface area contributed by atoms with E-state index in [9.17, 15) is 14.4 Å². The summed E-state index contributed by atoms with van der Waals surface area (Å²) in [6, 6.07) is 18.0. The molecular formula is C30H38N2O4. The van der Waals surface area contributed by atoms with Crippen molar-refractivity contribution in [2.45, 2.75) is 71.3 Å². The van der Waals surface area contributed by atoms with Gasteiger partial charge in [0.1, 0.15) is 17.7 Å². The number of nitrogens with one attached hydrogen (secondary N) is 1. The number of carbonyl (C=O) groups is 2. The standard InChI is InChI=1S/C30H38N2O4/c1-2-3-4-5-6-7-8-9-15-20-31-28(33)23-32(22-24-16-11-10-12-17-24)29(34)26-21-25-18-13-14-19-27(25)36-30(26)35/h10-14,16-19,21H,2-9,15,20,22-23H2,1H3,(H,31,33). The molecule has 1 aromatic heterocycles. The molecule has 0 saturated heterocycles. The van der Waals surface area contributed by atoms with Crippen molar-refractivity contribution in [2.75, 3.05) is 13.1 Å². The minimum absolute atomic E-state index is 0.0728. The lowest BCUT2D eigenvalue weighted by atomic mass is 10.1. The highest BCUT2D eigenvalue weighted by Crippen LogP contribution is 2.15. The summed E-state index contributed by atoms with van der Waals surface area (Å²) in [5, 5.41) is 3.60. The van der Waals surface area contributed by atoms with Crippen LogP contribution in [0.4, 0.5) is 0 Å². The second kappa shape index (κ2) is 14.9. The summed E-state index contributed by atoms with van der Waals surface area (Å²) >= 11 is 0. The van der Waals surface area contributed by atoms with Crippen LogP contribution in [0.15, 0.2) is 69.9 Å². The Bertz CT molecular complexity index is 1160. The minimum atomic E-state index is -0.702. The van der Waals surface area contributed by atoms with Crippen LogP contribution in [0.2, 0.25) is 0 Å². The molecule has 6 nitrogen and oxygen atoms in total. The summed E-state index contributed by atoms with van der Waals surface area (Å²) in [5.41, 5.74) is 0.526. The number of amides is 2. The molecule has 0 spiro atoms. The van der Waals surface area contributed by atoms with E-state index in [1.165, 1.54) is 49.8 Å². The van der Waals surface area contributed by atoms with Crippen molar-refractivity contribution in [3.05, 3.63) is 82.2 Å². The van der Waals surface area contributed by atoms with Crippen molar-refractivity contribution in [2.24, 2.45) is 0 Å². The van der Waals surface area contributed by atoms with E-state index in [-0.39, 0.29) is 24.6 Å². The van der Waals surface area contributed by atoms with Crippen LogP contribution in [0.25, 0.3) is 11.0 Å². The maximum absolute atomic E-state index is 13.4. The topological polar surface area (TPSA) is 79.6 Å². The van der Waals surface area contributed by atoms with Gasteiger partial charge >= 0.3 is 5.63 Å². The van der Waals surface area contributed by atoms with Crippen molar-refractivity contribution in [1.82, 2.24) is 10.2 Å². The number of unbranched alkanes of at least 4 members (excludes halogenated alkanes) is 8. The molecule has 0 saturated carbocycles. The molecule has 2 aromatic carbocycles. The number of carbonyl (C=O) groups excluding carboxylic acids is 2. The molecule has 36 heavy (non-hydrogen) atoms. The first-order chi connectivity index (χ1) is 17.6. The van der Waals surface area contributed by atoms with E-state index in [4.69, 9.17) is 4.42 Å². The van der Waals surface area contributed by atoms with Crippen LogP contribution < -0.4 is 10.9 Å². The zero-order valence-corrected chi connectivity index (χ0v) is 21.3. The molecule has 0 unspecified atom stereocenters. The van der Waals surface area contributed by atoms with Crippen LogP contribution in [-0.2, 0) is 11.3 Å². The molecular weight excluding hydrogens is 452 g/mol. The Kier molecular flexibility index (Phi) is 11.2. The monoisotopic (exact) mass is 490 g/mol. The highest BCUT2D eigenvalue weighted by molar-refractivity contribution is 5.98. The molecule has 6 heteroatoms. The molecule has 0 bridgehead atoms. The van der Waals surface area contributed by atoms with Crippen LogP contribution in [0.1, 0.15) is 80.6 Å². The fourth-order valence-electron chi connectivity index (χ4n) is 4.28. The molecule has 0 aliphatic heterocycles. The average Bonchev–Trinajstić information content (AvgIpc) is 2.89. The average molecular weight is 491 g/mol. The van der Waals surface area contributed by atoms with E-state index in [0.29, 0.717) is 17.5 Å². The van der Waals surface area contributed by atoms with Gasteiger partial charge in [-0.05, 0) is 24.1 Å². The number of benzene rings is 2. The summed E-state index contributed by atoms with van der Waals surface area (Å²) in [7, 11) is 0. The fraction of sp³-hybridized carbons (Fsp3) is 0.433. The first-order valence-electron chi connectivity index (χ1n) is 13.2. The van der Waals surface area contributed by atoms with Gasteiger partial charge in [-0.15, -0.1) is 0 Å². The number of hydrogen-bond donors (Lipinski definition) is 1. The Hall–Kier alpha value is -3.41. The van der Waals surface area contributed by atoms with Crippen LogP contribution in [0.5, 0.6) is 0 Å². The summed E-state index contributed by atoms with van der Waals surface area (Å²) in [6.07, 6.45) is 10.9. The highest BCUT2D eigenvalue weighted by Gasteiger charge is 2.23. The Morgan fingerprint density at radius 3 is 2.19 bits per heavy atom. The Balaban J connectivity index is 1.56. The van der Waals surface area contributed by atoms with Gasteiger partial charge in [-0.3, -0.25) is 9.59 Å². The second-order valence-corrected chi connectivity index (χ2v) is 9.31. The number of hydrogen-bond acceptors (Lipinski definition) is 4. The van der Waals surface area contributed by atoms with Gasteiger partial charge in [-0.25, -0.2) is 4.79 Å². The van der Waals surface area contributed by atoms with Crippen molar-refractivity contribution >= 4 is 22.8 Å². The van der Waals surface area contributed by atoms with Gasteiger partial charge in [0.05, 0.1) is 0 Å². The van der Waals surface area contributed by atoms with Crippen LogP contribution in [0.3, 0.4) is 0 Å². The van der Waals surface area contributed by atoms with E-state index in [1.807, 2.05) is 36.4 Å². The van der Waals surface area contributed by atoms with Crippen molar-refractivity contribution in [3.63, 3.8) is 0 Å². The molecule has 0 aliphatic carbocycles. The zero-order valence-electron chi connectivity index (χ0n) is 21.3. The van der Waals surface area contributed by atoms with Gasteiger partial charge in [0.2, 0.25) is 5.91 Å². The molecule has 0 radical (unpaired) electrons. The first kappa shape index (κ1) is 27.2. The third-order valence-corrected chi connectivity index (χ3v) is 6.31. The quantitative estimate of drug-likeness (QED) is 0.207. The second-order valence-electron chi connectivity index (χ2n) is 9.31. The lowest BCUT2D eigenvalue weighted by Crippen LogP contribution is -2.41. The number of para-hydroxylation sites is 1. The normalized spacial score (nSPS) is 10.9. The molecule has 3 rings (SSSR count). The van der Waals surface area contributed by atoms with Crippen molar-refractivity contribution < 1.29 is 14.0 Å². The highest BCUT2D eigenvalue weighted by atomic mass is 16.4. The summed E-state index contributed by atoms with van der Waals surface area (Å²) in [4.78, 5) is 40.1. The summed E-state index contributed by atoms with van der Waals surface area (Å²) < 4.78 is 5.35. The van der Waals surface area contributed by atoms with Crippen LogP contribution >= 0.6 is 0 Å². The molecule has 1 heterocycles. The first-order valence-corrected chi connectivity index (χ1v) is 13.2. The minimum Gasteiger partial charge on any atom is -0.422 e. The van der Waals surface area contributed by atoms with Gasteiger partial charge in [0, 0.05) is 18.5 Å². The number of fused-ring (bicyclic) bond motifs is 1. The number of nitrogens with zero attached hydrogens (tertiary/aromatic N) is 1. The molecule has 192 valence electrons. The summed E-state index contributed by atoms with van der Waals surface area (Å²) in [6.45, 7) is 2.90. The van der Waals surface area contributed by atoms with E-state index in [1.54, 1.807) is 24.3 Å². The van der Waals surface area contributed by atoms with Crippen molar-refractivity contribution in [3.8, 4) is 0 Å². The van der Waals surface area contributed by atoms with Crippen LogP contribution in [0, 0.1) is 0 Å². The lowest BCUT2D eigenvalue weighted by Gasteiger charge is -2.22. The Morgan fingerprint density at radius 1 is 0.833 bits per heavy atom. The van der Waals surface area contributed by atoms with Gasteiger partial charge in [0.15, 0.2) is 0 Å². The predicted octanol–water partition coefficient (Wildman–Crippen LogP) is 6.08. The third-order valence-electron chi connectivity index (χ3n) is 6.31. The van der Waals surface area contributed by atoms with Gasteiger partial charge in [-0.1, -0.05) is 107 Å². The van der Waals surface area contributed by atoms with Gasteiger partial charge < -0.3 is 14.6 Å². The van der Waals surface area contributed by atoms with Gasteiger partial charge in [0.25, 0.3) is 5.91 Å². The maximum Gasteiger partial charge on any atom is 0.349 e. The van der Waals surface area contributed by atoms with Crippen LogP contribution in [-0.4, -0.2) is 29.8 Å². The van der Waals surface area contributed by atoms with Crippen molar-refractivity contribution in [1.29, 1.82) is 0 Å². The molecule has 2 amide bonds. The Labute approximate surface area is 213 Å². The number of rotatable bonds is 15. The van der Waals surface area contributed by atoms with E-state index >= 15 is 0 Å². The van der Waals surface area contributed by atoms with E-state index < -0.39 is 11.5 Å². The summed E-state index contributed by atoms with van der Waals surface area (Å²) in [5.74, 6) is -0.749. The smallest absolute Gasteiger partial charge is 0.349 e. The lowest BCUT2D eigenvalue weighted by molar-refractivity contribution is -0.121. The largest absolute Gasteiger partial charge is 0.422 e. The van der Waals surface area contributed by atoms with E-state index in [0.717, 1.165) is 18.4 Å². The zero-order chi connectivity index (χ0) is 25.6. The third kappa shape index (κ3) is 8.67. The SMILES string of the molecule is CCCCCCCCCCCNC(=O)CN(Cc1ccccc1)C(=O)c1cc2ccccc2oc1=O.